The predicted octanol–water partition coefficient (Wildman–Crippen LogP) is 3.18. The van der Waals surface area contributed by atoms with Gasteiger partial charge in [-0.05, 0) is 30.3 Å². The number of benzene rings is 2. The van der Waals surface area contributed by atoms with E-state index in [4.69, 9.17) is 16.3 Å². The fourth-order valence-corrected chi connectivity index (χ4v) is 1.89. The SMILES string of the molecule is O=C(COC(=O)c1ccc(Cl)cc1F)Nc1ccc([N+](=O)[O-])cc1. The minimum atomic E-state index is -1.01. The average molecular weight is 353 g/mol. The third-order valence-electron chi connectivity index (χ3n) is 2.85. The molecule has 0 fully saturated rings. The summed E-state index contributed by atoms with van der Waals surface area (Å²) in [7, 11) is 0. The van der Waals surface area contributed by atoms with E-state index in [1.54, 1.807) is 0 Å². The summed E-state index contributed by atoms with van der Waals surface area (Å²) in [5.74, 6) is -2.54. The highest BCUT2D eigenvalue weighted by Crippen LogP contribution is 2.16. The van der Waals surface area contributed by atoms with Gasteiger partial charge in [0.15, 0.2) is 6.61 Å². The molecule has 0 unspecified atom stereocenters. The van der Waals surface area contributed by atoms with Crippen molar-refractivity contribution < 1.29 is 23.6 Å². The van der Waals surface area contributed by atoms with Gasteiger partial charge in [-0.15, -0.1) is 0 Å². The molecule has 2 aromatic rings. The van der Waals surface area contributed by atoms with Crippen LogP contribution in [0.4, 0.5) is 15.8 Å². The van der Waals surface area contributed by atoms with Gasteiger partial charge in [0.25, 0.3) is 11.6 Å². The number of ether oxygens (including phenoxy) is 1. The Morgan fingerprint density at radius 1 is 1.21 bits per heavy atom. The van der Waals surface area contributed by atoms with Crippen molar-refractivity contribution in [3.8, 4) is 0 Å². The van der Waals surface area contributed by atoms with Gasteiger partial charge in [-0.25, -0.2) is 9.18 Å². The summed E-state index contributed by atoms with van der Waals surface area (Å²) in [6.45, 7) is -0.641. The topological polar surface area (TPSA) is 98.5 Å². The molecule has 0 saturated carbocycles. The molecule has 1 amide bonds. The number of non-ortho nitro benzene ring substituents is 1. The lowest BCUT2D eigenvalue weighted by molar-refractivity contribution is -0.384. The summed E-state index contributed by atoms with van der Waals surface area (Å²) in [5, 5.41) is 13.0. The van der Waals surface area contributed by atoms with Crippen molar-refractivity contribution in [1.29, 1.82) is 0 Å². The molecule has 0 aliphatic heterocycles. The number of nitrogens with one attached hydrogen (secondary N) is 1. The first-order valence-electron chi connectivity index (χ1n) is 6.53. The Bertz CT molecular complexity index is 795. The van der Waals surface area contributed by atoms with E-state index in [1.165, 1.54) is 30.3 Å². The molecule has 0 aromatic heterocycles. The Morgan fingerprint density at radius 3 is 2.46 bits per heavy atom. The summed E-state index contributed by atoms with van der Waals surface area (Å²) >= 11 is 5.57. The molecule has 0 radical (unpaired) electrons. The van der Waals surface area contributed by atoms with E-state index in [9.17, 15) is 24.1 Å². The van der Waals surface area contributed by atoms with Crippen LogP contribution < -0.4 is 5.32 Å². The van der Waals surface area contributed by atoms with Crippen molar-refractivity contribution in [2.45, 2.75) is 0 Å². The number of esters is 1. The van der Waals surface area contributed by atoms with Gasteiger partial charge in [0.05, 0.1) is 10.5 Å². The number of nitro benzene ring substituents is 1. The maximum Gasteiger partial charge on any atom is 0.341 e. The number of hydrogen-bond donors (Lipinski definition) is 1. The van der Waals surface area contributed by atoms with E-state index in [-0.39, 0.29) is 16.3 Å². The van der Waals surface area contributed by atoms with Crippen LogP contribution in [0.1, 0.15) is 10.4 Å². The maximum absolute atomic E-state index is 13.5. The van der Waals surface area contributed by atoms with Gasteiger partial charge in [-0.3, -0.25) is 14.9 Å². The number of anilines is 1. The molecule has 0 aliphatic carbocycles. The summed E-state index contributed by atoms with van der Waals surface area (Å²) in [4.78, 5) is 33.3. The summed E-state index contributed by atoms with van der Waals surface area (Å²) < 4.78 is 18.2. The van der Waals surface area contributed by atoms with Crippen molar-refractivity contribution >= 4 is 34.9 Å². The Hall–Kier alpha value is -3.00. The van der Waals surface area contributed by atoms with Crippen LogP contribution in [0.2, 0.25) is 5.02 Å². The molecule has 1 N–H and O–H groups in total. The highest BCUT2D eigenvalue weighted by Gasteiger charge is 2.15. The second-order valence-electron chi connectivity index (χ2n) is 4.55. The average Bonchev–Trinajstić information content (AvgIpc) is 2.53. The Morgan fingerprint density at radius 2 is 1.88 bits per heavy atom. The Balaban J connectivity index is 1.90. The van der Waals surface area contributed by atoms with Gasteiger partial charge in [-0.1, -0.05) is 11.6 Å². The lowest BCUT2D eigenvalue weighted by atomic mass is 10.2. The minimum Gasteiger partial charge on any atom is -0.452 e. The maximum atomic E-state index is 13.5. The second-order valence-corrected chi connectivity index (χ2v) is 4.99. The molecule has 0 spiro atoms. The highest BCUT2D eigenvalue weighted by atomic mass is 35.5. The lowest BCUT2D eigenvalue weighted by Crippen LogP contribution is -2.21. The van der Waals surface area contributed by atoms with Gasteiger partial charge in [0.2, 0.25) is 0 Å². The zero-order chi connectivity index (χ0) is 17.7. The van der Waals surface area contributed by atoms with Crippen LogP contribution in [0.5, 0.6) is 0 Å². The molecule has 0 saturated heterocycles. The van der Waals surface area contributed by atoms with Crippen LogP contribution in [-0.4, -0.2) is 23.4 Å². The number of rotatable bonds is 5. The molecule has 24 heavy (non-hydrogen) atoms. The highest BCUT2D eigenvalue weighted by molar-refractivity contribution is 6.30. The molecule has 7 nitrogen and oxygen atoms in total. The smallest absolute Gasteiger partial charge is 0.341 e. The summed E-state index contributed by atoms with van der Waals surface area (Å²) in [5.41, 5.74) is -0.181. The van der Waals surface area contributed by atoms with Gasteiger partial charge < -0.3 is 10.1 Å². The van der Waals surface area contributed by atoms with Crippen molar-refractivity contribution in [3.05, 3.63) is 69.0 Å². The molecular weight excluding hydrogens is 343 g/mol. The fraction of sp³-hybridized carbons (Fsp3) is 0.0667. The molecule has 2 rings (SSSR count). The van der Waals surface area contributed by atoms with E-state index in [2.05, 4.69) is 5.32 Å². The standard InChI is InChI=1S/C15H10ClFN2O5/c16-9-1-6-12(13(17)7-9)15(21)24-8-14(20)18-10-2-4-11(5-3-10)19(22)23/h1-7H,8H2,(H,18,20). The number of carbonyl (C=O) groups is 2. The molecule has 0 aliphatic rings. The van der Waals surface area contributed by atoms with Crippen molar-refractivity contribution in [3.63, 3.8) is 0 Å². The summed E-state index contributed by atoms with van der Waals surface area (Å²) in [6.07, 6.45) is 0. The van der Waals surface area contributed by atoms with Crippen LogP contribution in [0.15, 0.2) is 42.5 Å². The largest absolute Gasteiger partial charge is 0.452 e. The molecule has 2 aromatic carbocycles. The number of nitrogens with zero attached hydrogens (tertiary/aromatic N) is 1. The number of halogens is 2. The molecule has 9 heteroatoms. The van der Waals surface area contributed by atoms with Crippen LogP contribution in [0.3, 0.4) is 0 Å². The van der Waals surface area contributed by atoms with E-state index < -0.39 is 29.2 Å². The Labute approximate surface area is 140 Å². The van der Waals surface area contributed by atoms with E-state index >= 15 is 0 Å². The van der Waals surface area contributed by atoms with Crippen molar-refractivity contribution in [1.82, 2.24) is 0 Å². The normalized spacial score (nSPS) is 10.1. The molecule has 0 atom stereocenters. The molecular formula is C15H10ClFN2O5. The predicted molar refractivity (Wildman–Crippen MR) is 83.4 cm³/mol. The van der Waals surface area contributed by atoms with Crippen LogP contribution in [0, 0.1) is 15.9 Å². The third-order valence-corrected chi connectivity index (χ3v) is 3.08. The zero-order valence-corrected chi connectivity index (χ0v) is 12.7. The van der Waals surface area contributed by atoms with Gasteiger partial charge in [-0.2, -0.15) is 0 Å². The zero-order valence-electron chi connectivity index (χ0n) is 12.0. The first-order valence-corrected chi connectivity index (χ1v) is 6.91. The van der Waals surface area contributed by atoms with Crippen LogP contribution in [-0.2, 0) is 9.53 Å². The minimum absolute atomic E-state index is 0.125. The van der Waals surface area contributed by atoms with E-state index in [0.29, 0.717) is 5.69 Å². The number of carbonyl (C=O) groups excluding carboxylic acids is 2. The van der Waals surface area contributed by atoms with Gasteiger partial charge >= 0.3 is 5.97 Å². The van der Waals surface area contributed by atoms with Crippen LogP contribution >= 0.6 is 11.6 Å². The van der Waals surface area contributed by atoms with E-state index in [0.717, 1.165) is 12.1 Å². The fourth-order valence-electron chi connectivity index (χ4n) is 1.73. The Kier molecular flexibility index (Phi) is 5.43. The first-order chi connectivity index (χ1) is 11.4. The summed E-state index contributed by atoms with van der Waals surface area (Å²) in [6, 6.07) is 8.50. The molecule has 0 heterocycles. The lowest BCUT2D eigenvalue weighted by Gasteiger charge is -2.07. The first kappa shape index (κ1) is 17.4. The number of hydrogen-bond acceptors (Lipinski definition) is 5. The third kappa shape index (κ3) is 4.50. The van der Waals surface area contributed by atoms with E-state index in [1.807, 2.05) is 0 Å². The second kappa shape index (κ2) is 7.51. The van der Waals surface area contributed by atoms with Crippen molar-refractivity contribution in [2.24, 2.45) is 0 Å². The monoisotopic (exact) mass is 352 g/mol. The van der Waals surface area contributed by atoms with Crippen molar-refractivity contribution in [2.75, 3.05) is 11.9 Å². The number of nitro groups is 1. The van der Waals surface area contributed by atoms with Gasteiger partial charge in [0, 0.05) is 22.8 Å². The number of amides is 1. The van der Waals surface area contributed by atoms with Crippen LogP contribution in [0.25, 0.3) is 0 Å². The molecule has 124 valence electrons. The quantitative estimate of drug-likeness (QED) is 0.506. The molecule has 0 bridgehead atoms. The van der Waals surface area contributed by atoms with Gasteiger partial charge in [0.1, 0.15) is 5.82 Å².